The van der Waals surface area contributed by atoms with Crippen LogP contribution >= 0.6 is 0 Å². The minimum atomic E-state index is -0.604. The van der Waals surface area contributed by atoms with Gasteiger partial charge in [0, 0.05) is 17.6 Å². The van der Waals surface area contributed by atoms with E-state index in [2.05, 4.69) is 0 Å². The standard InChI is InChI=1S/C15H17N3O3/c16-9-6-4-8(5-7-9)13(19)18-14(20)10-2-1-3-11(17)12(10)15(18)21/h1-3,8-9H,4-7,16-17H2. The fraction of sp³-hybridized carbons (Fsp3) is 0.400. The third-order valence-corrected chi connectivity index (χ3v) is 4.29. The van der Waals surface area contributed by atoms with E-state index in [1.165, 1.54) is 6.07 Å². The molecule has 0 radical (unpaired) electrons. The van der Waals surface area contributed by atoms with Crippen LogP contribution in [0.5, 0.6) is 0 Å². The lowest BCUT2D eigenvalue weighted by Gasteiger charge is -2.27. The van der Waals surface area contributed by atoms with Gasteiger partial charge in [0.05, 0.1) is 11.1 Å². The zero-order valence-electron chi connectivity index (χ0n) is 11.5. The van der Waals surface area contributed by atoms with Crippen molar-refractivity contribution in [3.05, 3.63) is 29.3 Å². The first-order chi connectivity index (χ1) is 10.0. The molecular formula is C15H17N3O3. The maximum Gasteiger partial charge on any atom is 0.270 e. The zero-order chi connectivity index (χ0) is 15.1. The Hall–Kier alpha value is -2.21. The number of imide groups is 3. The van der Waals surface area contributed by atoms with Crippen LogP contribution in [-0.2, 0) is 4.79 Å². The molecule has 21 heavy (non-hydrogen) atoms. The molecule has 6 nitrogen and oxygen atoms in total. The third-order valence-electron chi connectivity index (χ3n) is 4.29. The second kappa shape index (κ2) is 4.96. The molecule has 1 aromatic carbocycles. The number of carbonyl (C=O) groups excluding carboxylic acids is 3. The topological polar surface area (TPSA) is 106 Å². The van der Waals surface area contributed by atoms with Crippen LogP contribution in [-0.4, -0.2) is 28.7 Å². The van der Waals surface area contributed by atoms with Crippen LogP contribution in [0, 0.1) is 5.92 Å². The van der Waals surface area contributed by atoms with Crippen LogP contribution in [0.1, 0.15) is 46.4 Å². The number of benzene rings is 1. The van der Waals surface area contributed by atoms with Gasteiger partial charge in [0.15, 0.2) is 0 Å². The van der Waals surface area contributed by atoms with Gasteiger partial charge in [-0.2, -0.15) is 0 Å². The number of nitrogen functional groups attached to an aromatic ring is 1. The van der Waals surface area contributed by atoms with E-state index in [9.17, 15) is 14.4 Å². The smallest absolute Gasteiger partial charge is 0.270 e. The molecule has 0 spiro atoms. The molecule has 1 saturated carbocycles. The Morgan fingerprint density at radius 3 is 2.38 bits per heavy atom. The number of anilines is 1. The van der Waals surface area contributed by atoms with Crippen molar-refractivity contribution in [2.45, 2.75) is 31.7 Å². The van der Waals surface area contributed by atoms with Crippen molar-refractivity contribution < 1.29 is 14.4 Å². The summed E-state index contributed by atoms with van der Waals surface area (Å²) >= 11 is 0. The molecule has 2 aliphatic rings. The number of amides is 3. The summed E-state index contributed by atoms with van der Waals surface area (Å²) in [5.74, 6) is -1.91. The quantitative estimate of drug-likeness (QED) is 0.589. The molecule has 1 heterocycles. The van der Waals surface area contributed by atoms with E-state index in [4.69, 9.17) is 11.5 Å². The van der Waals surface area contributed by atoms with Crippen molar-refractivity contribution in [1.29, 1.82) is 0 Å². The molecule has 110 valence electrons. The average Bonchev–Trinajstić information content (AvgIpc) is 2.72. The van der Waals surface area contributed by atoms with Crippen molar-refractivity contribution in [3.63, 3.8) is 0 Å². The second-order valence-electron chi connectivity index (χ2n) is 5.67. The molecule has 3 rings (SSSR count). The van der Waals surface area contributed by atoms with E-state index in [0.717, 1.165) is 17.7 Å². The number of nitrogens with zero attached hydrogens (tertiary/aromatic N) is 1. The normalized spacial score (nSPS) is 25.1. The first-order valence-corrected chi connectivity index (χ1v) is 7.07. The fourth-order valence-corrected chi connectivity index (χ4v) is 3.06. The molecule has 6 heteroatoms. The maximum atomic E-state index is 12.5. The fourth-order valence-electron chi connectivity index (χ4n) is 3.06. The van der Waals surface area contributed by atoms with Gasteiger partial charge in [-0.25, -0.2) is 4.90 Å². The lowest BCUT2D eigenvalue weighted by atomic mass is 9.85. The van der Waals surface area contributed by atoms with Crippen LogP contribution in [0.25, 0.3) is 0 Å². The molecule has 0 unspecified atom stereocenters. The first-order valence-electron chi connectivity index (χ1n) is 7.07. The lowest BCUT2D eigenvalue weighted by molar-refractivity contribution is -0.131. The summed E-state index contributed by atoms with van der Waals surface area (Å²) in [6.45, 7) is 0. The van der Waals surface area contributed by atoms with Gasteiger partial charge in [0.2, 0.25) is 5.91 Å². The van der Waals surface area contributed by atoms with E-state index in [1.807, 2.05) is 0 Å². The number of hydrogen-bond acceptors (Lipinski definition) is 5. The molecule has 0 bridgehead atoms. The van der Waals surface area contributed by atoms with Crippen molar-refractivity contribution >= 4 is 23.4 Å². The molecule has 1 aromatic rings. The minimum absolute atomic E-state index is 0.104. The van der Waals surface area contributed by atoms with E-state index in [1.54, 1.807) is 12.1 Å². The van der Waals surface area contributed by atoms with Crippen LogP contribution in [0.15, 0.2) is 18.2 Å². The summed E-state index contributed by atoms with van der Waals surface area (Å²) in [6.07, 6.45) is 2.70. The predicted octanol–water partition coefficient (Wildman–Crippen LogP) is 0.909. The van der Waals surface area contributed by atoms with E-state index >= 15 is 0 Å². The number of rotatable bonds is 1. The second-order valence-corrected chi connectivity index (χ2v) is 5.67. The van der Waals surface area contributed by atoms with E-state index in [-0.39, 0.29) is 28.8 Å². The van der Waals surface area contributed by atoms with Crippen LogP contribution in [0.2, 0.25) is 0 Å². The Morgan fingerprint density at radius 1 is 1.10 bits per heavy atom. The van der Waals surface area contributed by atoms with E-state index < -0.39 is 17.7 Å². The maximum absolute atomic E-state index is 12.5. The van der Waals surface area contributed by atoms with Crippen molar-refractivity contribution in [2.75, 3.05) is 5.73 Å². The predicted molar refractivity (Wildman–Crippen MR) is 76.3 cm³/mol. The highest BCUT2D eigenvalue weighted by Gasteiger charge is 2.43. The van der Waals surface area contributed by atoms with Gasteiger partial charge in [0.25, 0.3) is 11.8 Å². The van der Waals surface area contributed by atoms with Gasteiger partial charge >= 0.3 is 0 Å². The average molecular weight is 287 g/mol. The highest BCUT2D eigenvalue weighted by atomic mass is 16.2. The Morgan fingerprint density at radius 2 is 1.76 bits per heavy atom. The molecule has 4 N–H and O–H groups in total. The zero-order valence-corrected chi connectivity index (χ0v) is 11.5. The van der Waals surface area contributed by atoms with Gasteiger partial charge in [-0.1, -0.05) is 6.07 Å². The monoisotopic (exact) mass is 287 g/mol. The van der Waals surface area contributed by atoms with Crippen molar-refractivity contribution in [3.8, 4) is 0 Å². The number of hydrogen-bond donors (Lipinski definition) is 2. The minimum Gasteiger partial charge on any atom is -0.398 e. The molecule has 1 aliphatic heterocycles. The first kappa shape index (κ1) is 13.8. The number of fused-ring (bicyclic) bond motifs is 1. The van der Waals surface area contributed by atoms with Gasteiger partial charge in [-0.15, -0.1) is 0 Å². The number of nitrogens with two attached hydrogens (primary N) is 2. The summed E-state index contributed by atoms with van der Waals surface area (Å²) in [5.41, 5.74) is 12.2. The molecule has 0 aromatic heterocycles. The summed E-state index contributed by atoms with van der Waals surface area (Å²) < 4.78 is 0. The van der Waals surface area contributed by atoms with Gasteiger partial charge in [0.1, 0.15) is 0 Å². The van der Waals surface area contributed by atoms with Crippen LogP contribution in [0.3, 0.4) is 0 Å². The van der Waals surface area contributed by atoms with Crippen molar-refractivity contribution in [2.24, 2.45) is 11.7 Å². The van der Waals surface area contributed by atoms with Crippen molar-refractivity contribution in [1.82, 2.24) is 4.90 Å². The Labute approximate surface area is 122 Å². The molecule has 0 atom stereocenters. The van der Waals surface area contributed by atoms with E-state index in [0.29, 0.717) is 12.8 Å². The van der Waals surface area contributed by atoms with Crippen LogP contribution < -0.4 is 11.5 Å². The third kappa shape index (κ3) is 2.12. The highest BCUT2D eigenvalue weighted by molar-refractivity contribution is 6.30. The lowest BCUT2D eigenvalue weighted by Crippen LogP contribution is -2.42. The Balaban J connectivity index is 1.88. The SMILES string of the molecule is Nc1cccc2c1C(=O)N(C(=O)C1CCC(N)CC1)C2=O. The summed E-state index contributed by atoms with van der Waals surface area (Å²) in [5, 5.41) is 0. The van der Waals surface area contributed by atoms with Gasteiger partial charge < -0.3 is 11.5 Å². The van der Waals surface area contributed by atoms with Gasteiger partial charge in [-0.05, 0) is 37.8 Å². The molecular weight excluding hydrogens is 270 g/mol. The summed E-state index contributed by atoms with van der Waals surface area (Å²) in [4.78, 5) is 37.9. The van der Waals surface area contributed by atoms with Crippen LogP contribution in [0.4, 0.5) is 5.69 Å². The number of carbonyl (C=O) groups is 3. The summed E-state index contributed by atoms with van der Waals surface area (Å²) in [7, 11) is 0. The summed E-state index contributed by atoms with van der Waals surface area (Å²) in [6, 6.07) is 4.78. The van der Waals surface area contributed by atoms with Gasteiger partial charge in [-0.3, -0.25) is 14.4 Å². The largest absolute Gasteiger partial charge is 0.398 e. The highest BCUT2D eigenvalue weighted by Crippen LogP contribution is 2.31. The molecule has 1 fully saturated rings. The Kier molecular flexibility index (Phi) is 3.25. The molecule has 1 aliphatic carbocycles. The Bertz CT molecular complexity index is 633. The molecule has 0 saturated heterocycles. The molecule has 3 amide bonds.